The lowest BCUT2D eigenvalue weighted by Crippen LogP contribution is -2.50. The molecular weight excluding hydrogens is 224 g/mol. The predicted octanol–water partition coefficient (Wildman–Crippen LogP) is 3.89. The largest absolute Gasteiger partial charge is 0.365 e. The second-order valence-corrected chi connectivity index (χ2v) is 7.01. The fraction of sp³-hybridized carbons (Fsp3) is 0.875. The van der Waals surface area contributed by atoms with Crippen molar-refractivity contribution in [2.45, 2.75) is 72.2 Å². The predicted molar refractivity (Wildman–Crippen MR) is 74.2 cm³/mol. The summed E-state index contributed by atoms with van der Waals surface area (Å²) >= 11 is 0. The lowest BCUT2D eigenvalue weighted by atomic mass is 9.68. The SMILES string of the molecule is C/C=C/CC(C)O[C@]1(O)C[C@H]2CC[C@]1(C)C2(C)C. The number of hydrogen-bond acceptors (Lipinski definition) is 2. The lowest BCUT2D eigenvalue weighted by Gasteiger charge is -2.45. The van der Waals surface area contributed by atoms with Crippen LogP contribution >= 0.6 is 0 Å². The van der Waals surface area contributed by atoms with Crippen molar-refractivity contribution in [1.29, 1.82) is 0 Å². The molecule has 2 heteroatoms. The highest BCUT2D eigenvalue weighted by atomic mass is 16.6. The van der Waals surface area contributed by atoms with Gasteiger partial charge in [0.05, 0.1) is 6.10 Å². The molecule has 2 nitrogen and oxygen atoms in total. The molecule has 2 aliphatic rings. The smallest absolute Gasteiger partial charge is 0.171 e. The van der Waals surface area contributed by atoms with E-state index in [4.69, 9.17) is 4.74 Å². The van der Waals surface area contributed by atoms with Crippen LogP contribution in [0.15, 0.2) is 12.2 Å². The number of aliphatic hydroxyl groups is 1. The zero-order valence-electron chi connectivity index (χ0n) is 12.5. The van der Waals surface area contributed by atoms with Crippen LogP contribution in [0.2, 0.25) is 0 Å². The first-order valence-electron chi connectivity index (χ1n) is 7.28. The summed E-state index contributed by atoms with van der Waals surface area (Å²) < 4.78 is 6.08. The summed E-state index contributed by atoms with van der Waals surface area (Å²) in [5.41, 5.74) is 0.0803. The third-order valence-electron chi connectivity index (χ3n) is 5.92. The molecule has 0 radical (unpaired) electrons. The summed E-state index contributed by atoms with van der Waals surface area (Å²) in [6.45, 7) is 10.9. The van der Waals surface area contributed by atoms with E-state index in [9.17, 15) is 5.11 Å². The van der Waals surface area contributed by atoms with Crippen LogP contribution in [0.5, 0.6) is 0 Å². The van der Waals surface area contributed by atoms with Gasteiger partial charge in [-0.15, -0.1) is 0 Å². The average Bonchev–Trinajstić information content (AvgIpc) is 2.58. The van der Waals surface area contributed by atoms with Gasteiger partial charge in [0, 0.05) is 11.8 Å². The van der Waals surface area contributed by atoms with Gasteiger partial charge in [-0.2, -0.15) is 0 Å². The van der Waals surface area contributed by atoms with Crippen LogP contribution in [0.3, 0.4) is 0 Å². The number of hydrogen-bond donors (Lipinski definition) is 1. The Kier molecular flexibility index (Phi) is 3.40. The summed E-state index contributed by atoms with van der Waals surface area (Å²) in [7, 11) is 0. The fourth-order valence-corrected chi connectivity index (χ4v) is 4.10. The zero-order chi connectivity index (χ0) is 13.6. The highest BCUT2D eigenvalue weighted by Gasteiger charge is 2.69. The van der Waals surface area contributed by atoms with Crippen molar-refractivity contribution in [2.75, 3.05) is 0 Å². The molecule has 1 N–H and O–H groups in total. The van der Waals surface area contributed by atoms with Gasteiger partial charge in [0.25, 0.3) is 0 Å². The Hall–Kier alpha value is -0.340. The van der Waals surface area contributed by atoms with E-state index < -0.39 is 5.79 Å². The Bertz CT molecular complexity index is 347. The van der Waals surface area contributed by atoms with Crippen molar-refractivity contribution in [1.82, 2.24) is 0 Å². The summed E-state index contributed by atoms with van der Waals surface area (Å²) in [4.78, 5) is 0. The van der Waals surface area contributed by atoms with Crippen molar-refractivity contribution in [3.05, 3.63) is 12.2 Å². The van der Waals surface area contributed by atoms with E-state index in [-0.39, 0.29) is 16.9 Å². The molecule has 104 valence electrons. The molecule has 0 aliphatic heterocycles. The van der Waals surface area contributed by atoms with Crippen molar-refractivity contribution in [3.63, 3.8) is 0 Å². The van der Waals surface area contributed by atoms with Crippen LogP contribution in [0, 0.1) is 16.7 Å². The molecule has 0 aromatic carbocycles. The molecule has 2 fully saturated rings. The quantitative estimate of drug-likeness (QED) is 0.607. The van der Waals surface area contributed by atoms with Crippen LogP contribution in [-0.4, -0.2) is 17.0 Å². The van der Waals surface area contributed by atoms with E-state index in [1.807, 2.05) is 13.0 Å². The Morgan fingerprint density at radius 1 is 1.39 bits per heavy atom. The van der Waals surface area contributed by atoms with E-state index in [0.717, 1.165) is 19.3 Å². The standard InChI is InChI=1S/C16H28O2/c1-6-7-8-12(2)18-16(17)11-13-9-10-15(16,5)14(13,3)4/h6-7,12-13,17H,8-11H2,1-5H3/b7-6+/t12?,13-,15-,16-/m1/s1. The highest BCUT2D eigenvalue weighted by Crippen LogP contribution is 2.70. The molecule has 0 saturated heterocycles. The molecule has 2 aliphatic carbocycles. The van der Waals surface area contributed by atoms with Gasteiger partial charge in [-0.05, 0) is 44.4 Å². The second-order valence-electron chi connectivity index (χ2n) is 7.01. The molecule has 0 aromatic heterocycles. The summed E-state index contributed by atoms with van der Waals surface area (Å²) in [6, 6.07) is 0. The van der Waals surface area contributed by atoms with Crippen molar-refractivity contribution >= 4 is 0 Å². The highest BCUT2D eigenvalue weighted by molar-refractivity contribution is 5.14. The van der Waals surface area contributed by atoms with Gasteiger partial charge in [0.15, 0.2) is 5.79 Å². The van der Waals surface area contributed by atoms with Crippen molar-refractivity contribution in [3.8, 4) is 0 Å². The minimum atomic E-state index is -0.930. The van der Waals surface area contributed by atoms with Gasteiger partial charge in [-0.1, -0.05) is 32.9 Å². The molecule has 0 aromatic rings. The Balaban J connectivity index is 2.14. The first kappa shape index (κ1) is 14.1. The van der Waals surface area contributed by atoms with Gasteiger partial charge in [0.2, 0.25) is 0 Å². The Labute approximate surface area is 111 Å². The van der Waals surface area contributed by atoms with E-state index in [1.54, 1.807) is 0 Å². The summed E-state index contributed by atoms with van der Waals surface area (Å²) in [5.74, 6) is -0.332. The van der Waals surface area contributed by atoms with Crippen molar-refractivity contribution in [2.24, 2.45) is 16.7 Å². The van der Waals surface area contributed by atoms with Crippen LogP contribution in [0.4, 0.5) is 0 Å². The van der Waals surface area contributed by atoms with Crippen LogP contribution in [0.1, 0.15) is 60.3 Å². The normalized spacial score (nSPS) is 43.8. The second kappa shape index (κ2) is 4.35. The minimum absolute atomic E-state index is 0.0816. The maximum absolute atomic E-state index is 11.0. The van der Waals surface area contributed by atoms with E-state index >= 15 is 0 Å². The molecule has 4 atom stereocenters. The van der Waals surface area contributed by atoms with Gasteiger partial charge in [-0.25, -0.2) is 0 Å². The third-order valence-corrected chi connectivity index (χ3v) is 5.92. The fourth-order valence-electron chi connectivity index (χ4n) is 4.10. The first-order valence-corrected chi connectivity index (χ1v) is 7.28. The number of rotatable bonds is 4. The lowest BCUT2D eigenvalue weighted by molar-refractivity contribution is -0.289. The number of fused-ring (bicyclic) bond motifs is 2. The van der Waals surface area contributed by atoms with E-state index in [2.05, 4.69) is 33.8 Å². The monoisotopic (exact) mass is 252 g/mol. The molecule has 18 heavy (non-hydrogen) atoms. The zero-order valence-corrected chi connectivity index (χ0v) is 12.5. The Morgan fingerprint density at radius 3 is 2.50 bits per heavy atom. The summed E-state index contributed by atoms with van der Waals surface area (Å²) in [6.07, 6.45) is 8.22. The van der Waals surface area contributed by atoms with Crippen molar-refractivity contribution < 1.29 is 9.84 Å². The van der Waals surface area contributed by atoms with E-state index in [1.165, 1.54) is 6.42 Å². The topological polar surface area (TPSA) is 29.5 Å². The maximum Gasteiger partial charge on any atom is 0.171 e. The van der Waals surface area contributed by atoms with Crippen LogP contribution < -0.4 is 0 Å². The molecule has 1 unspecified atom stereocenters. The number of allylic oxidation sites excluding steroid dienone is 1. The van der Waals surface area contributed by atoms with Gasteiger partial charge in [-0.3, -0.25) is 0 Å². The summed E-state index contributed by atoms with van der Waals surface area (Å²) in [5, 5.41) is 11.0. The molecule has 2 saturated carbocycles. The Morgan fingerprint density at radius 2 is 2.06 bits per heavy atom. The van der Waals surface area contributed by atoms with E-state index in [0.29, 0.717) is 5.92 Å². The van der Waals surface area contributed by atoms with Gasteiger partial charge in [0.1, 0.15) is 0 Å². The molecule has 0 spiro atoms. The maximum atomic E-state index is 11.0. The minimum Gasteiger partial charge on any atom is -0.365 e. The van der Waals surface area contributed by atoms with Gasteiger partial charge >= 0.3 is 0 Å². The molecular formula is C16H28O2. The van der Waals surface area contributed by atoms with Crippen LogP contribution in [-0.2, 0) is 4.74 Å². The molecule has 2 bridgehead atoms. The average molecular weight is 252 g/mol. The van der Waals surface area contributed by atoms with Gasteiger partial charge < -0.3 is 9.84 Å². The molecule has 2 rings (SSSR count). The number of ether oxygens (including phenoxy) is 1. The molecule has 0 amide bonds. The first-order chi connectivity index (χ1) is 8.27. The molecule has 0 heterocycles. The van der Waals surface area contributed by atoms with Crippen LogP contribution in [0.25, 0.3) is 0 Å². The third kappa shape index (κ3) is 1.77.